The third kappa shape index (κ3) is 34.6. The summed E-state index contributed by atoms with van der Waals surface area (Å²) in [5.74, 6) is -3.02. The van der Waals surface area contributed by atoms with Gasteiger partial charge in [0.05, 0.1) is 34.7 Å². The van der Waals surface area contributed by atoms with Gasteiger partial charge in [-0.3, -0.25) is 24.5 Å². The Bertz CT molecular complexity index is 3460. The molecule has 6 heterocycles. The molecule has 0 fully saturated rings. The number of nitrogens with two attached hydrogens (primary N) is 1. The number of nitrogens with one attached hydrogen (secondary N) is 1. The quantitative estimate of drug-likeness (QED) is 0.0175. The number of halogens is 6. The van der Waals surface area contributed by atoms with E-state index < -0.39 is 54.4 Å². The van der Waals surface area contributed by atoms with E-state index in [4.69, 9.17) is 51.6 Å². The van der Waals surface area contributed by atoms with Crippen LogP contribution in [0.1, 0.15) is 153 Å². The van der Waals surface area contributed by atoms with Gasteiger partial charge in [-0.25, -0.2) is 47.9 Å². The molecule has 6 aromatic rings. The van der Waals surface area contributed by atoms with Crippen LogP contribution in [-0.2, 0) is 92.8 Å². The smallest absolute Gasteiger partial charge is 0.326 e. The number of anilines is 1. The fourth-order valence-electron chi connectivity index (χ4n) is 12.9. The SMILES string of the molecule is COC[C@@H](F)CN(CCCCc1ccc2c(n1)CCCC2)CC[C@H](Cc1ccncn1)C(=O)O.COC[C@@H](F)CN(CCCCc1ccc2c(n1)CCCC2)CC[C@H](N)C(=O)O.COC[C@@H](F)CN(CCCCc1ccc2c(n1)CCCC2)CC[C@H](Nc1ncncc1Br)C(=O)O.Clc1ncncc1Br. The van der Waals surface area contributed by atoms with Crippen molar-refractivity contribution in [1.82, 2.24) is 59.6 Å². The maximum absolute atomic E-state index is 14.3. The molecule has 0 aromatic carbocycles. The minimum Gasteiger partial charge on any atom is -0.481 e. The lowest BCUT2D eigenvalue weighted by atomic mass is 9.95. The van der Waals surface area contributed by atoms with Crippen LogP contribution in [0, 0.1) is 5.92 Å². The van der Waals surface area contributed by atoms with Crippen molar-refractivity contribution in [3.63, 3.8) is 0 Å². The number of hydrogen-bond donors (Lipinski definition) is 5. The number of aryl methyl sites for hydroxylation is 9. The molecule has 29 heteroatoms. The van der Waals surface area contributed by atoms with Crippen molar-refractivity contribution in [3.8, 4) is 0 Å². The van der Waals surface area contributed by atoms with Crippen LogP contribution in [0.15, 0.2) is 89.0 Å². The zero-order valence-corrected chi connectivity index (χ0v) is 65.1. The molecule has 0 spiro atoms. The summed E-state index contributed by atoms with van der Waals surface area (Å²) in [4.78, 5) is 78.4. The fourth-order valence-corrected chi connectivity index (χ4v) is 13.5. The van der Waals surface area contributed by atoms with E-state index in [0.29, 0.717) is 79.5 Å². The number of fused-ring (bicyclic) bond motifs is 3. The monoisotopic (exact) mass is 1610 g/mol. The van der Waals surface area contributed by atoms with Gasteiger partial charge in [-0.1, -0.05) is 29.8 Å². The molecule has 0 amide bonds. The van der Waals surface area contributed by atoms with Gasteiger partial charge in [0.25, 0.3) is 0 Å². The average Bonchev–Trinajstić information content (AvgIpc) is 0.884. The van der Waals surface area contributed by atoms with Gasteiger partial charge in [-0.15, -0.1) is 0 Å². The molecule has 0 unspecified atom stereocenters. The normalized spacial score (nSPS) is 14.9. The van der Waals surface area contributed by atoms with Crippen molar-refractivity contribution >= 4 is 67.2 Å². The summed E-state index contributed by atoms with van der Waals surface area (Å²) < 4.78 is 58.7. The molecular weight excluding hydrogens is 1510 g/mol. The van der Waals surface area contributed by atoms with Gasteiger partial charge in [-0.05, 0) is 253 Å². The number of aromatic nitrogens is 9. The van der Waals surface area contributed by atoms with Gasteiger partial charge in [0.2, 0.25) is 0 Å². The second-order valence-electron chi connectivity index (χ2n) is 26.9. The maximum atomic E-state index is 14.3. The van der Waals surface area contributed by atoms with Gasteiger partial charge in [-0.2, -0.15) is 0 Å². The van der Waals surface area contributed by atoms with Crippen LogP contribution in [0.25, 0.3) is 0 Å². The summed E-state index contributed by atoms with van der Waals surface area (Å²) in [6.07, 6.45) is 29.3. The fraction of sp³-hybridized carbons (Fsp3) is 0.605. The number of carbonyl (C=O) groups is 3. The highest BCUT2D eigenvalue weighted by Gasteiger charge is 2.25. The summed E-state index contributed by atoms with van der Waals surface area (Å²) in [7, 11) is 4.44. The van der Waals surface area contributed by atoms with Crippen LogP contribution in [0.2, 0.25) is 5.15 Å². The number of alkyl halides is 3. The number of pyridine rings is 3. The summed E-state index contributed by atoms with van der Waals surface area (Å²) >= 11 is 12.0. The minimum absolute atomic E-state index is 0.0179. The summed E-state index contributed by atoms with van der Waals surface area (Å²) in [6.45, 7) is 4.31. The molecule has 6 N–H and O–H groups in total. The largest absolute Gasteiger partial charge is 0.481 e. The van der Waals surface area contributed by atoms with Crippen LogP contribution >= 0.6 is 43.5 Å². The highest BCUT2D eigenvalue weighted by Crippen LogP contribution is 2.25. The van der Waals surface area contributed by atoms with Crippen LogP contribution in [0.3, 0.4) is 0 Å². The van der Waals surface area contributed by atoms with Crippen molar-refractivity contribution in [2.45, 2.75) is 191 Å². The Labute approximate surface area is 638 Å². The third-order valence-electron chi connectivity index (χ3n) is 18.5. The summed E-state index contributed by atoms with van der Waals surface area (Å²) in [6, 6.07) is 13.0. The van der Waals surface area contributed by atoms with Crippen molar-refractivity contribution in [1.29, 1.82) is 0 Å². The molecule has 6 aromatic heterocycles. The van der Waals surface area contributed by atoms with Crippen molar-refractivity contribution in [2.24, 2.45) is 11.7 Å². The Hall–Kier alpha value is -6.34. The Kier molecular flexibility index (Phi) is 42.0. The molecule has 3 aliphatic carbocycles. The molecule has 0 aliphatic heterocycles. The van der Waals surface area contributed by atoms with E-state index in [9.17, 15) is 37.8 Å². The average molecular weight is 1610 g/mol. The molecule has 578 valence electrons. The summed E-state index contributed by atoms with van der Waals surface area (Å²) in [5.41, 5.74) is 17.6. The second-order valence-corrected chi connectivity index (χ2v) is 29.0. The minimum atomic E-state index is -1.13. The van der Waals surface area contributed by atoms with Crippen LogP contribution in [-0.4, -0.2) is 223 Å². The van der Waals surface area contributed by atoms with Crippen LogP contribution in [0.4, 0.5) is 19.0 Å². The van der Waals surface area contributed by atoms with Crippen molar-refractivity contribution in [2.75, 3.05) is 105 Å². The third-order valence-corrected chi connectivity index (χ3v) is 20.2. The number of carboxylic acid groups (broad SMARTS) is 3. The van der Waals surface area contributed by atoms with Crippen molar-refractivity contribution in [3.05, 3.63) is 151 Å². The zero-order chi connectivity index (χ0) is 75.6. The molecule has 6 atom stereocenters. The van der Waals surface area contributed by atoms with E-state index in [2.05, 4.69) is 103 Å². The number of nitrogens with zero attached hydrogens (tertiary/aromatic N) is 12. The number of rotatable bonds is 43. The first-order valence-electron chi connectivity index (χ1n) is 36.8. The number of methoxy groups -OCH3 is 3. The highest BCUT2D eigenvalue weighted by atomic mass is 79.9. The molecule has 0 saturated carbocycles. The van der Waals surface area contributed by atoms with Crippen molar-refractivity contribution < 1.29 is 57.1 Å². The van der Waals surface area contributed by atoms with E-state index >= 15 is 0 Å². The van der Waals surface area contributed by atoms with Crippen LogP contribution in [0.5, 0.6) is 0 Å². The number of carboxylic acids is 3. The predicted octanol–water partition coefficient (Wildman–Crippen LogP) is 12.0. The van der Waals surface area contributed by atoms with Gasteiger partial charge in [0, 0.05) is 119 Å². The lowest BCUT2D eigenvalue weighted by Crippen LogP contribution is -2.39. The lowest BCUT2D eigenvalue weighted by molar-refractivity contribution is -0.142. The van der Waals surface area contributed by atoms with E-state index in [0.717, 1.165) is 124 Å². The van der Waals surface area contributed by atoms with Gasteiger partial charge < -0.3 is 55.3 Å². The number of aliphatic carboxylic acids is 3. The molecule has 23 nitrogen and oxygen atoms in total. The topological polar surface area (TPSA) is 303 Å². The zero-order valence-electron chi connectivity index (χ0n) is 61.1. The Morgan fingerprint density at radius 2 is 0.933 bits per heavy atom. The van der Waals surface area contributed by atoms with Gasteiger partial charge in [0.1, 0.15) is 60.6 Å². The molecule has 0 saturated heterocycles. The predicted molar refractivity (Wildman–Crippen MR) is 407 cm³/mol. The second kappa shape index (κ2) is 50.3. The number of ether oxygens (including phenoxy) is 3. The van der Waals surface area contributed by atoms with Gasteiger partial charge in [0.15, 0.2) is 0 Å². The molecule has 9 rings (SSSR count). The van der Waals surface area contributed by atoms with Crippen LogP contribution < -0.4 is 11.1 Å². The molecular formula is C76H108Br2ClF3N14O9. The standard InChI is InChI=1S/C26H37FN4O3.C25H35BrFN5O3.C21H34FN3O3.C4H2BrClN2/c1-34-18-22(27)17-31(15-12-21(26(32)33)16-24-11-13-28-19-29-24)14-5-4-7-23-10-9-20-6-2-3-8-25(20)30-23;1-35-16-19(27)15-32(13-11-23(25(33)34)31-24-21(26)14-28-17-29-24)12-5-4-7-20-10-9-18-6-2-3-8-22(18)30-20;1-28-15-17(22)14-25(13-11-19(23)21(26)27)12-5-4-7-18-10-9-16-6-2-3-8-20(16)24-18;5-3-1-7-2-8-4(3)6/h9-11,13,19,21-22H,2-8,12,14-18H2,1H3,(H,32,33);9-10,14,17,19,23H,2-8,11-13,15-16H2,1H3,(H,33,34)(H,28,29,31);9-10,17,19H,2-8,11-15,23H2,1H3,(H,26,27);1-2H/t21-,22+;19-,23-;17-,19-;/m100./s1. The molecule has 3 aliphatic rings. The number of unbranched alkanes of at least 4 members (excludes halogenated alkanes) is 3. The van der Waals surface area contributed by atoms with E-state index in [1.54, 1.807) is 24.7 Å². The first-order valence-corrected chi connectivity index (χ1v) is 38.8. The Morgan fingerprint density at radius 1 is 0.514 bits per heavy atom. The summed E-state index contributed by atoms with van der Waals surface area (Å²) in [5, 5.41) is 31.7. The highest BCUT2D eigenvalue weighted by molar-refractivity contribution is 9.11. The first-order chi connectivity index (χ1) is 50.8. The van der Waals surface area contributed by atoms with E-state index in [1.807, 2.05) is 14.7 Å². The lowest BCUT2D eigenvalue weighted by Gasteiger charge is -2.26. The van der Waals surface area contributed by atoms with Gasteiger partial charge >= 0.3 is 17.9 Å². The molecule has 105 heavy (non-hydrogen) atoms. The van der Waals surface area contributed by atoms with E-state index in [-0.39, 0.29) is 39.5 Å². The number of hydrogen-bond acceptors (Lipinski definition) is 20. The molecule has 0 radical (unpaired) electrons. The van der Waals surface area contributed by atoms with E-state index in [1.165, 1.54) is 113 Å². The maximum Gasteiger partial charge on any atom is 0.326 e. The Morgan fingerprint density at radius 3 is 1.31 bits per heavy atom. The first kappa shape index (κ1) is 87.6. The Balaban J connectivity index is 0.000000235. The molecule has 0 bridgehead atoms.